The lowest BCUT2D eigenvalue weighted by Crippen LogP contribution is -2.59. The Labute approximate surface area is 194 Å². The molecule has 176 valence electrons. The van der Waals surface area contributed by atoms with E-state index in [1.54, 1.807) is 22.7 Å². The first kappa shape index (κ1) is 24.6. The molecule has 0 spiro atoms. The number of carbonyl (C=O) groups is 3. The minimum Gasteiger partial charge on any atom is -0.394 e. The summed E-state index contributed by atoms with van der Waals surface area (Å²) in [6.45, 7) is 11.5. The van der Waals surface area contributed by atoms with Crippen molar-refractivity contribution < 1.29 is 19.5 Å². The Morgan fingerprint density at radius 2 is 1.84 bits per heavy atom. The molecule has 32 heavy (non-hydrogen) atoms. The molecule has 2 aliphatic rings. The number of fused-ring (bicyclic) bond motifs is 3. The lowest BCUT2D eigenvalue weighted by Gasteiger charge is -2.33. The number of hydrogen-bond acceptors (Lipinski definition) is 5. The van der Waals surface area contributed by atoms with Crippen LogP contribution in [0.25, 0.3) is 0 Å². The molecule has 1 aromatic rings. The van der Waals surface area contributed by atoms with Crippen LogP contribution in [0.1, 0.15) is 69.3 Å². The molecule has 0 bridgehead atoms. The fourth-order valence-electron chi connectivity index (χ4n) is 4.43. The Bertz CT molecular complexity index is 888. The van der Waals surface area contributed by atoms with Gasteiger partial charge in [-0.05, 0) is 37.3 Å². The number of nitrogens with zero attached hydrogens (tertiary/aromatic N) is 1. The van der Waals surface area contributed by atoms with Crippen LogP contribution in [-0.4, -0.2) is 57.2 Å². The number of amides is 3. The number of aliphatic hydroxyl groups is 1. The Morgan fingerprint density at radius 1 is 1.19 bits per heavy atom. The molecule has 0 aliphatic carbocycles. The molecule has 2 aliphatic heterocycles. The van der Waals surface area contributed by atoms with Gasteiger partial charge in [0.05, 0.1) is 12.6 Å². The molecule has 1 fully saturated rings. The van der Waals surface area contributed by atoms with Crippen LogP contribution in [0.15, 0.2) is 24.3 Å². The topological polar surface area (TPSA) is 98.7 Å². The number of rotatable bonds is 8. The summed E-state index contributed by atoms with van der Waals surface area (Å²) >= 11 is 1.60. The average Bonchev–Trinajstić information content (AvgIpc) is 3.18. The molecule has 3 rings (SSSR count). The quantitative estimate of drug-likeness (QED) is 0.553. The van der Waals surface area contributed by atoms with Crippen LogP contribution in [0.4, 0.5) is 0 Å². The summed E-state index contributed by atoms with van der Waals surface area (Å²) in [6.07, 6.45) is 0.698. The predicted molar refractivity (Wildman–Crippen MR) is 126 cm³/mol. The SMILES string of the molecule is CC[C@H](C)[C@H](NC(=O)[C@@H]1N2C(=O)c3ccccc3[C@@H]2SC1(C)C)C(=O)N[C@@H](CO)C(C)C. The minimum atomic E-state index is -0.750. The summed E-state index contributed by atoms with van der Waals surface area (Å²) in [4.78, 5) is 41.5. The summed E-state index contributed by atoms with van der Waals surface area (Å²) in [7, 11) is 0. The fraction of sp³-hybridized carbons (Fsp3) is 0.625. The van der Waals surface area contributed by atoms with Crippen molar-refractivity contribution in [2.45, 2.75) is 76.2 Å². The number of nitrogens with one attached hydrogen (secondary N) is 2. The van der Waals surface area contributed by atoms with Crippen molar-refractivity contribution in [1.29, 1.82) is 0 Å². The van der Waals surface area contributed by atoms with Gasteiger partial charge in [0.15, 0.2) is 0 Å². The smallest absolute Gasteiger partial charge is 0.256 e. The van der Waals surface area contributed by atoms with Gasteiger partial charge in [-0.1, -0.05) is 52.3 Å². The molecule has 2 heterocycles. The monoisotopic (exact) mass is 461 g/mol. The highest BCUT2D eigenvalue weighted by Gasteiger charge is 2.57. The third-order valence-electron chi connectivity index (χ3n) is 6.67. The van der Waals surface area contributed by atoms with Crippen LogP contribution in [0.3, 0.4) is 0 Å². The van der Waals surface area contributed by atoms with E-state index in [1.165, 1.54) is 0 Å². The zero-order valence-electron chi connectivity index (χ0n) is 19.7. The minimum absolute atomic E-state index is 0.0592. The van der Waals surface area contributed by atoms with E-state index in [1.807, 2.05) is 59.7 Å². The molecule has 1 aromatic carbocycles. The molecule has 7 nitrogen and oxygen atoms in total. The first-order chi connectivity index (χ1) is 15.0. The maximum absolute atomic E-state index is 13.6. The van der Waals surface area contributed by atoms with Gasteiger partial charge in [0.2, 0.25) is 11.8 Å². The Hall–Kier alpha value is -2.06. The Morgan fingerprint density at radius 3 is 2.44 bits per heavy atom. The van der Waals surface area contributed by atoms with Crippen LogP contribution in [0.5, 0.6) is 0 Å². The summed E-state index contributed by atoms with van der Waals surface area (Å²) < 4.78 is -0.514. The van der Waals surface area contributed by atoms with Crippen LogP contribution < -0.4 is 10.6 Å². The van der Waals surface area contributed by atoms with Crippen LogP contribution in [-0.2, 0) is 9.59 Å². The molecule has 0 radical (unpaired) electrons. The standard InChI is InChI=1S/C24H35N3O4S/c1-7-14(4)18(20(29)25-17(12-28)13(2)3)26-21(30)19-24(5,6)32-23-16-11-9-8-10-15(16)22(31)27(19)23/h8-11,13-14,17-19,23,28H,7,12H2,1-6H3,(H,25,29)(H,26,30)/t14-,17-,18-,19-,23-/m0/s1. The zero-order valence-corrected chi connectivity index (χ0v) is 20.5. The second-order valence-electron chi connectivity index (χ2n) is 9.69. The van der Waals surface area contributed by atoms with E-state index in [2.05, 4.69) is 10.6 Å². The maximum atomic E-state index is 13.6. The highest BCUT2D eigenvalue weighted by atomic mass is 32.2. The van der Waals surface area contributed by atoms with E-state index in [-0.39, 0.29) is 47.6 Å². The highest BCUT2D eigenvalue weighted by Crippen LogP contribution is 2.56. The molecule has 0 saturated carbocycles. The first-order valence-corrected chi connectivity index (χ1v) is 12.2. The molecule has 1 saturated heterocycles. The molecule has 3 amide bonds. The summed E-state index contributed by atoms with van der Waals surface area (Å²) in [5, 5.41) is 15.2. The van der Waals surface area contributed by atoms with Crippen molar-refractivity contribution in [3.63, 3.8) is 0 Å². The third-order valence-corrected chi connectivity index (χ3v) is 8.20. The largest absolute Gasteiger partial charge is 0.394 e. The highest BCUT2D eigenvalue weighted by molar-refractivity contribution is 8.01. The van der Waals surface area contributed by atoms with E-state index in [9.17, 15) is 19.5 Å². The number of benzene rings is 1. The lowest BCUT2D eigenvalue weighted by atomic mass is 9.95. The Kier molecular flexibility index (Phi) is 7.25. The van der Waals surface area contributed by atoms with Gasteiger partial charge in [0.25, 0.3) is 5.91 Å². The molecular formula is C24H35N3O4S. The van der Waals surface area contributed by atoms with Crippen molar-refractivity contribution in [3.05, 3.63) is 35.4 Å². The van der Waals surface area contributed by atoms with E-state index >= 15 is 0 Å². The van der Waals surface area contributed by atoms with Gasteiger partial charge in [-0.25, -0.2) is 0 Å². The molecule has 5 atom stereocenters. The van der Waals surface area contributed by atoms with Gasteiger partial charge < -0.3 is 20.6 Å². The van der Waals surface area contributed by atoms with Gasteiger partial charge in [-0.3, -0.25) is 14.4 Å². The summed E-state index contributed by atoms with van der Waals surface area (Å²) in [5.74, 6) is -0.824. The van der Waals surface area contributed by atoms with E-state index < -0.39 is 16.8 Å². The summed E-state index contributed by atoms with van der Waals surface area (Å²) in [5.41, 5.74) is 1.57. The fourth-order valence-corrected chi connectivity index (χ4v) is 6.02. The van der Waals surface area contributed by atoms with Gasteiger partial charge in [-0.2, -0.15) is 0 Å². The van der Waals surface area contributed by atoms with E-state index in [0.717, 1.165) is 5.56 Å². The number of aliphatic hydroxyl groups excluding tert-OH is 1. The van der Waals surface area contributed by atoms with Crippen LogP contribution >= 0.6 is 11.8 Å². The van der Waals surface area contributed by atoms with Crippen LogP contribution in [0, 0.1) is 11.8 Å². The maximum Gasteiger partial charge on any atom is 0.256 e. The van der Waals surface area contributed by atoms with Gasteiger partial charge in [0.1, 0.15) is 17.5 Å². The molecular weight excluding hydrogens is 426 g/mol. The van der Waals surface area contributed by atoms with Crippen molar-refractivity contribution in [2.75, 3.05) is 6.61 Å². The second-order valence-corrected chi connectivity index (χ2v) is 11.4. The predicted octanol–water partition coefficient (Wildman–Crippen LogP) is 2.70. The van der Waals surface area contributed by atoms with Crippen molar-refractivity contribution in [3.8, 4) is 0 Å². The summed E-state index contributed by atoms with van der Waals surface area (Å²) in [6, 6.07) is 5.65. The van der Waals surface area contributed by atoms with Gasteiger partial charge in [-0.15, -0.1) is 11.8 Å². The normalized spacial score (nSPS) is 24.0. The van der Waals surface area contributed by atoms with Gasteiger partial charge in [0, 0.05) is 10.3 Å². The molecule has 0 unspecified atom stereocenters. The second kappa shape index (κ2) is 9.43. The number of hydrogen-bond donors (Lipinski definition) is 3. The zero-order chi connectivity index (χ0) is 23.8. The van der Waals surface area contributed by atoms with E-state index in [4.69, 9.17) is 0 Å². The van der Waals surface area contributed by atoms with Crippen LogP contribution in [0.2, 0.25) is 0 Å². The average molecular weight is 462 g/mol. The number of carbonyl (C=O) groups excluding carboxylic acids is 3. The van der Waals surface area contributed by atoms with Crippen molar-refractivity contribution >= 4 is 29.5 Å². The first-order valence-electron chi connectivity index (χ1n) is 11.3. The van der Waals surface area contributed by atoms with Gasteiger partial charge >= 0.3 is 0 Å². The van der Waals surface area contributed by atoms with Crippen molar-refractivity contribution in [1.82, 2.24) is 15.5 Å². The lowest BCUT2D eigenvalue weighted by molar-refractivity contribution is -0.133. The van der Waals surface area contributed by atoms with E-state index in [0.29, 0.717) is 12.0 Å². The molecule has 8 heteroatoms. The molecule has 3 N–H and O–H groups in total. The molecule has 0 aromatic heterocycles. The third kappa shape index (κ3) is 4.39. The number of thioether (sulfide) groups is 1. The Balaban J connectivity index is 1.84. The van der Waals surface area contributed by atoms with Crippen molar-refractivity contribution in [2.24, 2.45) is 11.8 Å².